The van der Waals surface area contributed by atoms with Crippen LogP contribution in [0.5, 0.6) is 0 Å². The predicted octanol–water partition coefficient (Wildman–Crippen LogP) is 2.23. The summed E-state index contributed by atoms with van der Waals surface area (Å²) in [6.07, 6.45) is 0. The average molecular weight is 170 g/mol. The van der Waals surface area contributed by atoms with Gasteiger partial charge in [0.2, 0.25) is 0 Å². The normalized spacial score (nSPS) is 13.3. The van der Waals surface area contributed by atoms with Gasteiger partial charge >= 0.3 is 0 Å². The first-order valence-electron chi connectivity index (χ1n) is 4.64. The summed E-state index contributed by atoms with van der Waals surface area (Å²) in [5.74, 6) is 0. The Morgan fingerprint density at radius 3 is 1.17 bits per heavy atom. The monoisotopic (exact) mass is 170 g/mol. The van der Waals surface area contributed by atoms with Gasteiger partial charge < -0.3 is 10.6 Å². The van der Waals surface area contributed by atoms with E-state index in [0.717, 1.165) is 0 Å². The van der Waals surface area contributed by atoms with Crippen LogP contribution in [-0.2, 0) is 0 Å². The molecule has 2 nitrogen and oxygen atoms in total. The lowest BCUT2D eigenvalue weighted by atomic mass is 10.3. The van der Waals surface area contributed by atoms with Gasteiger partial charge in [-0.25, -0.2) is 0 Å². The van der Waals surface area contributed by atoms with Crippen LogP contribution in [0.1, 0.15) is 41.5 Å². The lowest BCUT2D eigenvalue weighted by Crippen LogP contribution is -2.27. The lowest BCUT2D eigenvalue weighted by molar-refractivity contribution is 0.619. The van der Waals surface area contributed by atoms with Crippen molar-refractivity contribution in [3.63, 3.8) is 0 Å². The second-order valence-electron chi connectivity index (χ2n) is 3.85. The summed E-state index contributed by atoms with van der Waals surface area (Å²) in [5, 5.41) is 6.73. The number of allylic oxidation sites excluding steroid dienone is 2. The fourth-order valence-corrected chi connectivity index (χ4v) is 1.08. The van der Waals surface area contributed by atoms with E-state index in [2.05, 4.69) is 52.2 Å². The van der Waals surface area contributed by atoms with E-state index in [4.69, 9.17) is 0 Å². The van der Waals surface area contributed by atoms with E-state index in [-0.39, 0.29) is 0 Å². The fourth-order valence-electron chi connectivity index (χ4n) is 1.08. The van der Waals surface area contributed by atoms with E-state index in [1.54, 1.807) is 0 Å². The maximum atomic E-state index is 3.36. The Kier molecular flexibility index (Phi) is 4.79. The first-order valence-corrected chi connectivity index (χ1v) is 4.64. The van der Waals surface area contributed by atoms with Crippen LogP contribution < -0.4 is 10.6 Å². The van der Waals surface area contributed by atoms with Crippen LogP contribution in [0.15, 0.2) is 11.4 Å². The van der Waals surface area contributed by atoms with Crippen LogP contribution in [-0.4, -0.2) is 12.1 Å². The molecule has 12 heavy (non-hydrogen) atoms. The van der Waals surface area contributed by atoms with Gasteiger partial charge in [0.05, 0.1) is 0 Å². The predicted molar refractivity (Wildman–Crippen MR) is 54.9 cm³/mol. The highest BCUT2D eigenvalue weighted by atomic mass is 15.0. The van der Waals surface area contributed by atoms with Crippen molar-refractivity contribution in [2.24, 2.45) is 0 Å². The first kappa shape index (κ1) is 11.3. The topological polar surface area (TPSA) is 24.1 Å². The van der Waals surface area contributed by atoms with Gasteiger partial charge in [-0.1, -0.05) is 0 Å². The van der Waals surface area contributed by atoms with Crippen molar-refractivity contribution in [2.75, 3.05) is 0 Å². The molecular weight excluding hydrogens is 148 g/mol. The van der Waals surface area contributed by atoms with Crippen molar-refractivity contribution in [2.45, 2.75) is 53.6 Å². The third kappa shape index (κ3) is 5.05. The summed E-state index contributed by atoms with van der Waals surface area (Å²) in [6.45, 7) is 12.8. The Morgan fingerprint density at radius 1 is 0.750 bits per heavy atom. The molecule has 0 aromatic rings. The quantitative estimate of drug-likeness (QED) is 0.676. The zero-order chi connectivity index (χ0) is 9.72. The van der Waals surface area contributed by atoms with Crippen molar-refractivity contribution >= 4 is 0 Å². The van der Waals surface area contributed by atoms with Gasteiger partial charge in [-0.3, -0.25) is 0 Å². The third-order valence-electron chi connectivity index (χ3n) is 1.57. The second kappa shape index (κ2) is 5.07. The molecule has 0 radical (unpaired) electrons. The van der Waals surface area contributed by atoms with E-state index in [9.17, 15) is 0 Å². The largest absolute Gasteiger partial charge is 0.385 e. The van der Waals surface area contributed by atoms with Crippen molar-refractivity contribution in [1.82, 2.24) is 10.6 Å². The summed E-state index contributed by atoms with van der Waals surface area (Å²) < 4.78 is 0. The zero-order valence-electron chi connectivity index (χ0n) is 9.15. The maximum absolute atomic E-state index is 3.36. The standard InChI is InChI=1S/C10H22N2/c1-7(2)11-9(5)10(6)12-8(3)4/h7-8,11-12H,1-6H3. The van der Waals surface area contributed by atoms with Gasteiger partial charge in [0, 0.05) is 23.5 Å². The smallest absolute Gasteiger partial charge is 0.0267 e. The molecule has 0 amide bonds. The second-order valence-corrected chi connectivity index (χ2v) is 3.85. The number of hydrogen-bond acceptors (Lipinski definition) is 2. The Morgan fingerprint density at radius 2 is 1.00 bits per heavy atom. The van der Waals surface area contributed by atoms with Gasteiger partial charge in [0.15, 0.2) is 0 Å². The third-order valence-corrected chi connectivity index (χ3v) is 1.57. The molecular formula is C10H22N2. The minimum absolute atomic E-state index is 0.508. The minimum atomic E-state index is 0.508. The molecule has 0 aromatic carbocycles. The van der Waals surface area contributed by atoms with E-state index < -0.39 is 0 Å². The number of nitrogens with one attached hydrogen (secondary N) is 2. The molecule has 0 atom stereocenters. The van der Waals surface area contributed by atoms with Gasteiger partial charge in [0.25, 0.3) is 0 Å². The highest BCUT2D eigenvalue weighted by Crippen LogP contribution is 1.98. The van der Waals surface area contributed by atoms with Crippen molar-refractivity contribution < 1.29 is 0 Å². The van der Waals surface area contributed by atoms with Gasteiger partial charge in [-0.05, 0) is 41.5 Å². The van der Waals surface area contributed by atoms with Crippen molar-refractivity contribution in [1.29, 1.82) is 0 Å². The molecule has 2 N–H and O–H groups in total. The Balaban J connectivity index is 4.06. The summed E-state index contributed by atoms with van der Waals surface area (Å²) >= 11 is 0. The Hall–Kier alpha value is -0.660. The number of hydrogen-bond donors (Lipinski definition) is 2. The summed E-state index contributed by atoms with van der Waals surface area (Å²) in [5.41, 5.74) is 2.47. The Bertz CT molecular complexity index is 139. The molecule has 0 aliphatic carbocycles. The molecule has 0 spiro atoms. The first-order chi connectivity index (χ1) is 5.43. The molecule has 72 valence electrons. The highest BCUT2D eigenvalue weighted by molar-refractivity contribution is 5.06. The fraction of sp³-hybridized carbons (Fsp3) is 0.800. The molecule has 0 fully saturated rings. The van der Waals surface area contributed by atoms with Gasteiger partial charge in [-0.15, -0.1) is 0 Å². The Labute approximate surface area is 76.4 Å². The molecule has 2 heteroatoms. The molecule has 0 aromatic heterocycles. The molecule has 0 unspecified atom stereocenters. The van der Waals surface area contributed by atoms with E-state index in [1.807, 2.05) is 0 Å². The molecule has 0 rings (SSSR count). The van der Waals surface area contributed by atoms with Crippen LogP contribution in [0.25, 0.3) is 0 Å². The molecule has 0 bridgehead atoms. The van der Waals surface area contributed by atoms with Gasteiger partial charge in [-0.2, -0.15) is 0 Å². The average Bonchev–Trinajstić information content (AvgIpc) is 1.84. The number of rotatable bonds is 4. The summed E-state index contributed by atoms with van der Waals surface area (Å²) in [6, 6.07) is 1.02. The van der Waals surface area contributed by atoms with Crippen LogP contribution in [0.4, 0.5) is 0 Å². The van der Waals surface area contributed by atoms with E-state index in [1.165, 1.54) is 11.4 Å². The molecule has 0 heterocycles. The van der Waals surface area contributed by atoms with Crippen LogP contribution >= 0.6 is 0 Å². The van der Waals surface area contributed by atoms with E-state index >= 15 is 0 Å². The van der Waals surface area contributed by atoms with Crippen LogP contribution in [0.3, 0.4) is 0 Å². The van der Waals surface area contributed by atoms with Gasteiger partial charge in [0.1, 0.15) is 0 Å². The SMILES string of the molecule is CC(NC(C)C)=C(C)NC(C)C. The minimum Gasteiger partial charge on any atom is -0.385 e. The zero-order valence-corrected chi connectivity index (χ0v) is 9.15. The van der Waals surface area contributed by atoms with Crippen LogP contribution in [0.2, 0.25) is 0 Å². The van der Waals surface area contributed by atoms with Crippen molar-refractivity contribution in [3.05, 3.63) is 11.4 Å². The summed E-state index contributed by atoms with van der Waals surface area (Å²) in [7, 11) is 0. The van der Waals surface area contributed by atoms with E-state index in [0.29, 0.717) is 12.1 Å². The lowest BCUT2D eigenvalue weighted by Gasteiger charge is -2.17. The van der Waals surface area contributed by atoms with Crippen LogP contribution in [0, 0.1) is 0 Å². The summed E-state index contributed by atoms with van der Waals surface area (Å²) in [4.78, 5) is 0. The molecule has 0 saturated heterocycles. The molecule has 0 aliphatic heterocycles. The maximum Gasteiger partial charge on any atom is 0.0267 e. The van der Waals surface area contributed by atoms with Crippen molar-refractivity contribution in [3.8, 4) is 0 Å². The molecule has 0 saturated carbocycles. The highest BCUT2D eigenvalue weighted by Gasteiger charge is 1.99. The molecule has 0 aliphatic rings.